The lowest BCUT2D eigenvalue weighted by Crippen LogP contribution is -2.28. The van der Waals surface area contributed by atoms with Gasteiger partial charge in [-0.15, -0.1) is 0 Å². The Bertz CT molecular complexity index is 491. The van der Waals surface area contributed by atoms with Crippen LogP contribution in [0.25, 0.3) is 0 Å². The van der Waals surface area contributed by atoms with E-state index >= 15 is 0 Å². The molecule has 7 nitrogen and oxygen atoms in total. The lowest BCUT2D eigenvalue weighted by atomic mass is 10.3. The third kappa shape index (κ3) is 7.05. The van der Waals surface area contributed by atoms with Crippen LogP contribution in [0.4, 0.5) is 5.69 Å². The van der Waals surface area contributed by atoms with Crippen LogP contribution < -0.4 is 10.1 Å². The molecule has 0 saturated carbocycles. The Hall–Kier alpha value is -2.12. The quantitative estimate of drug-likeness (QED) is 0.636. The second kappa shape index (κ2) is 9.75. The number of carboxylic acid groups (broad SMARTS) is 1. The summed E-state index contributed by atoms with van der Waals surface area (Å²) in [6.07, 6.45) is -0.621. The van der Waals surface area contributed by atoms with E-state index in [2.05, 4.69) is 5.32 Å². The van der Waals surface area contributed by atoms with Crippen molar-refractivity contribution in [2.45, 2.75) is 20.0 Å². The SMILES string of the molecule is CCOCCOC(C)C(=O)Nc1cccc(OCC(=O)O)c1. The van der Waals surface area contributed by atoms with E-state index in [1.165, 1.54) is 0 Å². The molecule has 22 heavy (non-hydrogen) atoms. The molecular weight excluding hydrogens is 290 g/mol. The van der Waals surface area contributed by atoms with Gasteiger partial charge in [0.25, 0.3) is 5.91 Å². The molecule has 1 aromatic carbocycles. The summed E-state index contributed by atoms with van der Waals surface area (Å²) in [7, 11) is 0. The summed E-state index contributed by atoms with van der Waals surface area (Å²) in [6, 6.07) is 6.50. The van der Waals surface area contributed by atoms with Gasteiger partial charge in [0.2, 0.25) is 0 Å². The van der Waals surface area contributed by atoms with Gasteiger partial charge in [-0.2, -0.15) is 0 Å². The fraction of sp³-hybridized carbons (Fsp3) is 0.467. The van der Waals surface area contributed by atoms with E-state index in [-0.39, 0.29) is 5.91 Å². The fourth-order valence-corrected chi connectivity index (χ4v) is 1.56. The zero-order chi connectivity index (χ0) is 16.4. The highest BCUT2D eigenvalue weighted by molar-refractivity contribution is 5.94. The van der Waals surface area contributed by atoms with Crippen LogP contribution in [0.15, 0.2) is 24.3 Å². The Morgan fingerprint density at radius 3 is 2.77 bits per heavy atom. The molecule has 1 amide bonds. The van der Waals surface area contributed by atoms with Gasteiger partial charge in [-0.1, -0.05) is 6.07 Å². The van der Waals surface area contributed by atoms with Gasteiger partial charge in [0.05, 0.1) is 13.2 Å². The smallest absolute Gasteiger partial charge is 0.341 e. The molecule has 0 spiro atoms. The molecule has 122 valence electrons. The molecule has 0 aliphatic carbocycles. The Morgan fingerprint density at radius 2 is 2.09 bits per heavy atom. The van der Waals surface area contributed by atoms with Crippen molar-refractivity contribution in [3.63, 3.8) is 0 Å². The van der Waals surface area contributed by atoms with Gasteiger partial charge in [-0.3, -0.25) is 4.79 Å². The van der Waals surface area contributed by atoms with Crippen LogP contribution in [0.3, 0.4) is 0 Å². The topological polar surface area (TPSA) is 94.1 Å². The van der Waals surface area contributed by atoms with E-state index in [0.717, 1.165) is 0 Å². The van der Waals surface area contributed by atoms with Crippen molar-refractivity contribution in [3.05, 3.63) is 24.3 Å². The molecule has 0 heterocycles. The van der Waals surface area contributed by atoms with Crippen molar-refractivity contribution in [1.29, 1.82) is 0 Å². The second-order valence-electron chi connectivity index (χ2n) is 4.41. The first-order chi connectivity index (χ1) is 10.5. The zero-order valence-corrected chi connectivity index (χ0v) is 12.7. The lowest BCUT2D eigenvalue weighted by molar-refractivity contribution is -0.139. The highest BCUT2D eigenvalue weighted by Gasteiger charge is 2.13. The molecule has 0 aromatic heterocycles. The summed E-state index contributed by atoms with van der Waals surface area (Å²) in [5, 5.41) is 11.2. The Balaban J connectivity index is 2.46. The van der Waals surface area contributed by atoms with Crippen LogP contribution >= 0.6 is 0 Å². The normalized spacial score (nSPS) is 11.7. The summed E-state index contributed by atoms with van der Waals surface area (Å²) < 4.78 is 15.5. The first-order valence-electron chi connectivity index (χ1n) is 6.97. The minimum absolute atomic E-state index is 0.299. The van der Waals surface area contributed by atoms with Gasteiger partial charge in [-0.25, -0.2) is 4.79 Å². The van der Waals surface area contributed by atoms with Crippen molar-refractivity contribution in [1.82, 2.24) is 0 Å². The molecule has 7 heteroatoms. The first kappa shape index (κ1) is 17.9. The van der Waals surface area contributed by atoms with Crippen molar-refractivity contribution >= 4 is 17.6 Å². The molecule has 0 bridgehead atoms. The maximum Gasteiger partial charge on any atom is 0.341 e. The highest BCUT2D eigenvalue weighted by atomic mass is 16.5. The monoisotopic (exact) mass is 311 g/mol. The van der Waals surface area contributed by atoms with Crippen molar-refractivity contribution in [2.24, 2.45) is 0 Å². The molecular formula is C15H21NO6. The van der Waals surface area contributed by atoms with Gasteiger partial charge in [0.1, 0.15) is 11.9 Å². The number of rotatable bonds is 10. The summed E-state index contributed by atoms with van der Waals surface area (Å²) >= 11 is 0. The number of hydrogen-bond acceptors (Lipinski definition) is 5. The molecule has 2 N–H and O–H groups in total. The molecule has 0 fully saturated rings. The van der Waals surface area contributed by atoms with Crippen molar-refractivity contribution in [3.8, 4) is 5.75 Å². The second-order valence-corrected chi connectivity index (χ2v) is 4.41. The van der Waals surface area contributed by atoms with Crippen LogP contribution in [0.1, 0.15) is 13.8 Å². The number of carboxylic acids is 1. The van der Waals surface area contributed by atoms with Crippen LogP contribution in [0.2, 0.25) is 0 Å². The van der Waals surface area contributed by atoms with E-state index in [1.807, 2.05) is 6.92 Å². The predicted octanol–water partition coefficient (Wildman–Crippen LogP) is 1.53. The third-order valence-corrected chi connectivity index (χ3v) is 2.63. The number of hydrogen-bond donors (Lipinski definition) is 2. The number of anilines is 1. The average molecular weight is 311 g/mol. The van der Waals surface area contributed by atoms with Gasteiger partial charge in [0.15, 0.2) is 6.61 Å². The molecule has 0 saturated heterocycles. The molecule has 1 aromatic rings. The molecule has 0 aliphatic rings. The summed E-state index contributed by atoms with van der Waals surface area (Å²) in [4.78, 5) is 22.4. The Kier molecular flexibility index (Phi) is 7.95. The van der Waals surface area contributed by atoms with Crippen molar-refractivity contribution < 1.29 is 28.9 Å². The minimum Gasteiger partial charge on any atom is -0.482 e. The number of amides is 1. The Morgan fingerprint density at radius 1 is 1.32 bits per heavy atom. The van der Waals surface area contributed by atoms with Crippen LogP contribution in [-0.2, 0) is 19.1 Å². The van der Waals surface area contributed by atoms with E-state index in [0.29, 0.717) is 31.3 Å². The number of nitrogens with one attached hydrogen (secondary N) is 1. The maximum absolute atomic E-state index is 11.9. The number of aliphatic carboxylic acids is 1. The maximum atomic E-state index is 11.9. The molecule has 1 atom stereocenters. The third-order valence-electron chi connectivity index (χ3n) is 2.63. The Labute approximate surface area is 129 Å². The van der Waals surface area contributed by atoms with Gasteiger partial charge >= 0.3 is 5.97 Å². The minimum atomic E-state index is -1.06. The van der Waals surface area contributed by atoms with Gasteiger partial charge in [0, 0.05) is 18.4 Å². The number of carbonyl (C=O) groups excluding carboxylic acids is 1. The zero-order valence-electron chi connectivity index (χ0n) is 12.7. The van der Waals surface area contributed by atoms with E-state index < -0.39 is 18.7 Å². The summed E-state index contributed by atoms with van der Waals surface area (Å²) in [5.74, 6) is -0.997. The molecule has 0 radical (unpaired) electrons. The fourth-order valence-electron chi connectivity index (χ4n) is 1.56. The van der Waals surface area contributed by atoms with E-state index in [4.69, 9.17) is 19.3 Å². The number of ether oxygens (including phenoxy) is 3. The first-order valence-corrected chi connectivity index (χ1v) is 6.97. The van der Waals surface area contributed by atoms with Crippen LogP contribution in [-0.4, -0.2) is 49.5 Å². The molecule has 1 rings (SSSR count). The highest BCUT2D eigenvalue weighted by Crippen LogP contribution is 2.17. The average Bonchev–Trinajstić information content (AvgIpc) is 2.49. The molecule has 1 unspecified atom stereocenters. The van der Waals surface area contributed by atoms with Crippen molar-refractivity contribution in [2.75, 3.05) is 31.7 Å². The largest absolute Gasteiger partial charge is 0.482 e. The number of carbonyl (C=O) groups is 2. The van der Waals surface area contributed by atoms with Gasteiger partial charge in [-0.05, 0) is 26.0 Å². The van der Waals surface area contributed by atoms with E-state index in [9.17, 15) is 9.59 Å². The van der Waals surface area contributed by atoms with Crippen LogP contribution in [0, 0.1) is 0 Å². The molecule has 0 aliphatic heterocycles. The number of benzene rings is 1. The summed E-state index contributed by atoms with van der Waals surface area (Å²) in [6.45, 7) is 4.47. The lowest BCUT2D eigenvalue weighted by Gasteiger charge is -2.14. The van der Waals surface area contributed by atoms with Crippen LogP contribution in [0.5, 0.6) is 5.75 Å². The standard InChI is InChI=1S/C15H21NO6/c1-3-20-7-8-21-11(2)15(19)16-12-5-4-6-13(9-12)22-10-14(17)18/h4-6,9,11H,3,7-8,10H2,1-2H3,(H,16,19)(H,17,18). The van der Waals surface area contributed by atoms with E-state index in [1.54, 1.807) is 31.2 Å². The van der Waals surface area contributed by atoms with Gasteiger partial charge < -0.3 is 24.6 Å². The predicted molar refractivity (Wildman–Crippen MR) is 80.1 cm³/mol. The summed E-state index contributed by atoms with van der Waals surface area (Å²) in [5.41, 5.74) is 0.508.